The molecule has 0 bridgehead atoms. The Labute approximate surface area is 165 Å². The van der Waals surface area contributed by atoms with Crippen LogP contribution in [0.15, 0.2) is 48.5 Å². The van der Waals surface area contributed by atoms with Gasteiger partial charge in [0.05, 0.1) is 36.9 Å². The first-order valence-corrected chi connectivity index (χ1v) is 9.51. The molecule has 0 spiro atoms. The summed E-state index contributed by atoms with van der Waals surface area (Å²) in [6, 6.07) is 14.3. The second kappa shape index (κ2) is 8.89. The maximum Gasteiger partial charge on any atom is 0.258 e. The third-order valence-corrected chi connectivity index (χ3v) is 4.80. The predicted molar refractivity (Wildman–Crippen MR) is 107 cm³/mol. The van der Waals surface area contributed by atoms with Gasteiger partial charge in [0.2, 0.25) is 5.91 Å². The molecule has 2 aromatic rings. The molecule has 2 atom stereocenters. The molecule has 0 saturated heterocycles. The number of nitrogens with zero attached hydrogens (tertiary/aromatic N) is 1. The van der Waals surface area contributed by atoms with Gasteiger partial charge in [0.15, 0.2) is 5.75 Å². The molecule has 6 heteroatoms. The molecule has 0 saturated carbocycles. The molecule has 0 radical (unpaired) electrons. The van der Waals surface area contributed by atoms with Crippen molar-refractivity contribution in [2.75, 3.05) is 25.1 Å². The van der Waals surface area contributed by atoms with Gasteiger partial charge < -0.3 is 20.1 Å². The number of para-hydroxylation sites is 1. The average molecular weight is 382 g/mol. The Hall–Kier alpha value is -2.86. The molecule has 2 amide bonds. The van der Waals surface area contributed by atoms with Crippen molar-refractivity contribution in [3.63, 3.8) is 0 Å². The number of amides is 2. The van der Waals surface area contributed by atoms with Crippen LogP contribution in [0.5, 0.6) is 5.75 Å². The van der Waals surface area contributed by atoms with Crippen molar-refractivity contribution in [2.45, 2.75) is 26.3 Å². The Morgan fingerprint density at radius 2 is 2.00 bits per heavy atom. The third kappa shape index (κ3) is 4.51. The van der Waals surface area contributed by atoms with Crippen molar-refractivity contribution in [1.82, 2.24) is 4.90 Å². The SMILES string of the molecule is C[C@H]1COc2c(NC(=O)Cc3ccccc3)cccc2C(=O)N([C@@H](C)CO)C1. The van der Waals surface area contributed by atoms with E-state index in [1.165, 1.54) is 0 Å². The highest BCUT2D eigenvalue weighted by molar-refractivity contribution is 6.01. The number of aliphatic hydroxyl groups is 1. The Balaban J connectivity index is 1.87. The fourth-order valence-corrected chi connectivity index (χ4v) is 3.27. The third-order valence-electron chi connectivity index (χ3n) is 4.80. The van der Waals surface area contributed by atoms with Crippen LogP contribution in [-0.4, -0.2) is 47.6 Å². The second-order valence-corrected chi connectivity index (χ2v) is 7.30. The number of carbonyl (C=O) groups excluding carboxylic acids is 2. The molecule has 1 heterocycles. The minimum Gasteiger partial charge on any atom is -0.490 e. The number of carbonyl (C=O) groups is 2. The van der Waals surface area contributed by atoms with Crippen LogP contribution in [0.25, 0.3) is 0 Å². The van der Waals surface area contributed by atoms with Crippen LogP contribution in [0.1, 0.15) is 29.8 Å². The highest BCUT2D eigenvalue weighted by atomic mass is 16.5. The highest BCUT2D eigenvalue weighted by Crippen LogP contribution is 2.32. The van der Waals surface area contributed by atoms with Crippen molar-refractivity contribution in [2.24, 2.45) is 5.92 Å². The van der Waals surface area contributed by atoms with Gasteiger partial charge in [-0.25, -0.2) is 0 Å². The zero-order chi connectivity index (χ0) is 20.1. The van der Waals surface area contributed by atoms with E-state index in [0.29, 0.717) is 30.2 Å². The topological polar surface area (TPSA) is 78.9 Å². The van der Waals surface area contributed by atoms with E-state index < -0.39 is 0 Å². The van der Waals surface area contributed by atoms with E-state index in [-0.39, 0.29) is 36.8 Å². The van der Waals surface area contributed by atoms with E-state index in [1.54, 1.807) is 23.1 Å². The maximum atomic E-state index is 13.1. The van der Waals surface area contributed by atoms with Crippen LogP contribution in [0.3, 0.4) is 0 Å². The fourth-order valence-electron chi connectivity index (χ4n) is 3.27. The maximum absolute atomic E-state index is 13.1. The van der Waals surface area contributed by atoms with E-state index in [1.807, 2.05) is 44.2 Å². The van der Waals surface area contributed by atoms with E-state index in [4.69, 9.17) is 4.74 Å². The van der Waals surface area contributed by atoms with Crippen LogP contribution in [0.4, 0.5) is 5.69 Å². The molecule has 0 aliphatic carbocycles. The van der Waals surface area contributed by atoms with Crippen molar-refractivity contribution in [1.29, 1.82) is 0 Å². The lowest BCUT2D eigenvalue weighted by atomic mass is 10.0. The molecule has 1 aliphatic heterocycles. The van der Waals surface area contributed by atoms with Crippen molar-refractivity contribution >= 4 is 17.5 Å². The first kappa shape index (κ1) is 19.9. The molecule has 2 aromatic carbocycles. The zero-order valence-corrected chi connectivity index (χ0v) is 16.2. The number of benzene rings is 2. The molecule has 0 unspecified atom stereocenters. The minimum atomic E-state index is -0.294. The smallest absolute Gasteiger partial charge is 0.258 e. The van der Waals surface area contributed by atoms with E-state index >= 15 is 0 Å². The largest absolute Gasteiger partial charge is 0.490 e. The van der Waals surface area contributed by atoms with Crippen LogP contribution in [0, 0.1) is 5.92 Å². The summed E-state index contributed by atoms with van der Waals surface area (Å²) in [7, 11) is 0. The van der Waals surface area contributed by atoms with Crippen LogP contribution >= 0.6 is 0 Å². The highest BCUT2D eigenvalue weighted by Gasteiger charge is 2.29. The van der Waals surface area contributed by atoms with Crippen molar-refractivity contribution in [3.05, 3.63) is 59.7 Å². The van der Waals surface area contributed by atoms with Crippen LogP contribution in [0.2, 0.25) is 0 Å². The molecule has 1 aliphatic rings. The summed E-state index contributed by atoms with van der Waals surface area (Å²) in [5.74, 6) is 0.100. The first-order valence-electron chi connectivity index (χ1n) is 9.51. The number of rotatable bonds is 5. The Bertz CT molecular complexity index is 838. The fraction of sp³-hybridized carbons (Fsp3) is 0.364. The summed E-state index contributed by atoms with van der Waals surface area (Å²) in [5.41, 5.74) is 1.79. The average Bonchev–Trinajstić information content (AvgIpc) is 2.69. The summed E-state index contributed by atoms with van der Waals surface area (Å²) in [4.78, 5) is 27.2. The van der Waals surface area contributed by atoms with Gasteiger partial charge in [-0.15, -0.1) is 0 Å². The Kier molecular flexibility index (Phi) is 6.31. The molecule has 6 nitrogen and oxygen atoms in total. The number of nitrogens with one attached hydrogen (secondary N) is 1. The molecule has 28 heavy (non-hydrogen) atoms. The monoisotopic (exact) mass is 382 g/mol. The summed E-state index contributed by atoms with van der Waals surface area (Å²) in [6.45, 7) is 4.62. The summed E-state index contributed by atoms with van der Waals surface area (Å²) in [5, 5.41) is 12.4. The number of ether oxygens (including phenoxy) is 1. The van der Waals surface area contributed by atoms with Gasteiger partial charge in [0, 0.05) is 12.5 Å². The molecule has 148 valence electrons. The minimum absolute atomic E-state index is 0.0965. The molecule has 0 aromatic heterocycles. The molecule has 3 rings (SSSR count). The van der Waals surface area contributed by atoms with Gasteiger partial charge in [-0.2, -0.15) is 0 Å². The predicted octanol–water partition coefficient (Wildman–Crippen LogP) is 2.72. The van der Waals surface area contributed by atoms with Crippen LogP contribution in [-0.2, 0) is 11.2 Å². The summed E-state index contributed by atoms with van der Waals surface area (Å²) >= 11 is 0. The van der Waals surface area contributed by atoms with Crippen LogP contribution < -0.4 is 10.1 Å². The quantitative estimate of drug-likeness (QED) is 0.833. The summed E-state index contributed by atoms with van der Waals surface area (Å²) < 4.78 is 5.93. The Morgan fingerprint density at radius 3 is 2.71 bits per heavy atom. The molecule has 0 fully saturated rings. The van der Waals surface area contributed by atoms with Gasteiger partial charge in [0.25, 0.3) is 5.91 Å². The summed E-state index contributed by atoms with van der Waals surface area (Å²) in [6.07, 6.45) is 0.239. The number of aliphatic hydroxyl groups excluding tert-OH is 1. The molecule has 2 N–H and O–H groups in total. The number of hydrogen-bond acceptors (Lipinski definition) is 4. The van der Waals surface area contributed by atoms with Gasteiger partial charge in [0.1, 0.15) is 0 Å². The normalized spacial score (nSPS) is 17.8. The van der Waals surface area contributed by atoms with E-state index in [9.17, 15) is 14.7 Å². The standard InChI is InChI=1S/C22H26N2O4/c1-15-12-24(16(2)13-25)22(27)18-9-6-10-19(21(18)28-14-15)23-20(26)11-17-7-4-3-5-8-17/h3-10,15-16,25H,11-14H2,1-2H3,(H,23,26)/t15-,16+/m1/s1. The van der Waals surface area contributed by atoms with Gasteiger partial charge in [-0.05, 0) is 24.6 Å². The van der Waals surface area contributed by atoms with Crippen molar-refractivity contribution < 1.29 is 19.4 Å². The zero-order valence-electron chi connectivity index (χ0n) is 16.2. The lowest BCUT2D eigenvalue weighted by Gasteiger charge is -2.33. The van der Waals surface area contributed by atoms with Gasteiger partial charge in [-0.3, -0.25) is 9.59 Å². The molecular formula is C22H26N2O4. The first-order chi connectivity index (χ1) is 13.5. The molecular weight excluding hydrogens is 356 g/mol. The number of anilines is 1. The van der Waals surface area contributed by atoms with Crippen molar-refractivity contribution in [3.8, 4) is 5.75 Å². The Morgan fingerprint density at radius 1 is 1.25 bits per heavy atom. The second-order valence-electron chi connectivity index (χ2n) is 7.30. The van der Waals surface area contributed by atoms with Gasteiger partial charge in [-0.1, -0.05) is 43.3 Å². The lowest BCUT2D eigenvalue weighted by Crippen LogP contribution is -2.45. The lowest BCUT2D eigenvalue weighted by molar-refractivity contribution is -0.115. The number of fused-ring (bicyclic) bond motifs is 1. The van der Waals surface area contributed by atoms with E-state index in [0.717, 1.165) is 5.56 Å². The van der Waals surface area contributed by atoms with Gasteiger partial charge >= 0.3 is 0 Å². The number of hydrogen-bond donors (Lipinski definition) is 2. The van der Waals surface area contributed by atoms with E-state index in [2.05, 4.69) is 5.32 Å².